The van der Waals surface area contributed by atoms with Crippen molar-refractivity contribution < 1.29 is 4.79 Å². The first-order valence-corrected chi connectivity index (χ1v) is 4.89. The number of nitrogens with one attached hydrogen (secondary N) is 1. The topological polar surface area (TPSA) is 42.0 Å². The minimum atomic E-state index is -0.142. The molecule has 1 aromatic carbocycles. The number of pyridine rings is 1. The van der Waals surface area contributed by atoms with Gasteiger partial charge in [0.1, 0.15) is 0 Å². The van der Waals surface area contributed by atoms with Gasteiger partial charge in [-0.15, -0.1) is 0 Å². The van der Waals surface area contributed by atoms with E-state index >= 15 is 0 Å². The summed E-state index contributed by atoms with van der Waals surface area (Å²) in [6, 6.07) is 10.6. The summed E-state index contributed by atoms with van der Waals surface area (Å²) >= 11 is 0. The lowest BCUT2D eigenvalue weighted by Gasteiger charge is -2.04. The summed E-state index contributed by atoms with van der Waals surface area (Å²) in [5.74, 6) is -0.142. The normalized spacial score (nSPS) is 9.81. The molecule has 1 heterocycles. The zero-order valence-electron chi connectivity index (χ0n) is 8.68. The van der Waals surface area contributed by atoms with Crippen molar-refractivity contribution in [2.24, 2.45) is 0 Å². The molecule has 0 spiro atoms. The predicted octanol–water partition coefficient (Wildman–Crippen LogP) is 2.52. The highest BCUT2D eigenvalue weighted by Crippen LogP contribution is 2.08. The SMILES string of the molecule is [CH2]c1cccc(C(=O)Nc2ccncc2)c1. The van der Waals surface area contributed by atoms with Crippen LogP contribution >= 0.6 is 0 Å². The van der Waals surface area contributed by atoms with Gasteiger partial charge in [0, 0.05) is 23.6 Å². The zero-order valence-corrected chi connectivity index (χ0v) is 8.68. The van der Waals surface area contributed by atoms with Gasteiger partial charge in [0.2, 0.25) is 0 Å². The number of rotatable bonds is 2. The third-order valence-electron chi connectivity index (χ3n) is 2.13. The molecule has 0 aliphatic heterocycles. The van der Waals surface area contributed by atoms with Gasteiger partial charge in [-0.3, -0.25) is 9.78 Å². The molecule has 3 heteroatoms. The Morgan fingerprint density at radius 3 is 2.62 bits per heavy atom. The smallest absolute Gasteiger partial charge is 0.255 e. The fourth-order valence-electron chi connectivity index (χ4n) is 1.35. The highest BCUT2D eigenvalue weighted by Gasteiger charge is 2.05. The maximum Gasteiger partial charge on any atom is 0.255 e. The molecule has 1 radical (unpaired) electrons. The van der Waals surface area contributed by atoms with E-state index in [4.69, 9.17) is 0 Å². The zero-order chi connectivity index (χ0) is 11.4. The predicted molar refractivity (Wildman–Crippen MR) is 63.1 cm³/mol. The third kappa shape index (κ3) is 2.45. The van der Waals surface area contributed by atoms with Gasteiger partial charge in [-0.25, -0.2) is 0 Å². The molecule has 1 aromatic heterocycles. The summed E-state index contributed by atoms with van der Waals surface area (Å²) in [4.78, 5) is 15.7. The number of amides is 1. The molecule has 2 rings (SSSR count). The fourth-order valence-corrected chi connectivity index (χ4v) is 1.35. The quantitative estimate of drug-likeness (QED) is 0.829. The van der Waals surface area contributed by atoms with E-state index < -0.39 is 0 Å². The highest BCUT2D eigenvalue weighted by atomic mass is 16.1. The van der Waals surface area contributed by atoms with Crippen LogP contribution in [0.5, 0.6) is 0 Å². The van der Waals surface area contributed by atoms with Crippen molar-refractivity contribution in [3.8, 4) is 0 Å². The second kappa shape index (κ2) is 4.57. The van der Waals surface area contributed by atoms with Gasteiger partial charge in [-0.2, -0.15) is 0 Å². The van der Waals surface area contributed by atoms with Crippen LogP contribution in [0.25, 0.3) is 0 Å². The molecule has 0 bridgehead atoms. The number of nitrogens with zero attached hydrogens (tertiary/aromatic N) is 1. The lowest BCUT2D eigenvalue weighted by Crippen LogP contribution is -2.11. The van der Waals surface area contributed by atoms with Crippen LogP contribution in [0.1, 0.15) is 15.9 Å². The molecule has 0 unspecified atom stereocenters. The first-order chi connectivity index (χ1) is 7.75. The summed E-state index contributed by atoms with van der Waals surface area (Å²) in [5.41, 5.74) is 2.15. The van der Waals surface area contributed by atoms with Crippen LogP contribution in [-0.2, 0) is 0 Å². The molecule has 3 nitrogen and oxygen atoms in total. The molecule has 0 atom stereocenters. The Kier molecular flexibility index (Phi) is 2.96. The van der Waals surface area contributed by atoms with Crippen molar-refractivity contribution in [1.82, 2.24) is 4.98 Å². The Bertz CT molecular complexity index is 494. The largest absolute Gasteiger partial charge is 0.322 e. The third-order valence-corrected chi connectivity index (χ3v) is 2.13. The standard InChI is InChI=1S/C13H11N2O/c1-10-3-2-4-11(9-10)13(16)15-12-5-7-14-8-6-12/h2-9H,1H2,(H,14,15,16). The number of anilines is 1. The molecule has 1 N–H and O–H groups in total. The Labute approximate surface area is 94.1 Å². The molecule has 0 saturated carbocycles. The van der Waals surface area contributed by atoms with Gasteiger partial charge >= 0.3 is 0 Å². The summed E-state index contributed by atoms with van der Waals surface area (Å²) in [6.07, 6.45) is 3.26. The summed E-state index contributed by atoms with van der Waals surface area (Å²) in [5, 5.41) is 2.78. The number of aromatic nitrogens is 1. The van der Waals surface area contributed by atoms with E-state index in [1.807, 2.05) is 12.1 Å². The average molecular weight is 211 g/mol. The van der Waals surface area contributed by atoms with Crippen molar-refractivity contribution in [1.29, 1.82) is 0 Å². The molecule has 2 aromatic rings. The maximum atomic E-state index is 11.8. The molecular weight excluding hydrogens is 200 g/mol. The molecule has 0 aliphatic carbocycles. The maximum absolute atomic E-state index is 11.8. The first kappa shape index (κ1) is 10.4. The minimum Gasteiger partial charge on any atom is -0.322 e. The van der Waals surface area contributed by atoms with Crippen LogP contribution in [0.3, 0.4) is 0 Å². The van der Waals surface area contributed by atoms with Crippen molar-refractivity contribution in [2.45, 2.75) is 0 Å². The van der Waals surface area contributed by atoms with Crippen molar-refractivity contribution in [2.75, 3.05) is 5.32 Å². The number of hydrogen-bond acceptors (Lipinski definition) is 2. The Morgan fingerprint density at radius 1 is 1.19 bits per heavy atom. The van der Waals surface area contributed by atoms with Crippen LogP contribution in [0.4, 0.5) is 5.69 Å². The average Bonchev–Trinajstić information content (AvgIpc) is 2.30. The van der Waals surface area contributed by atoms with Crippen molar-refractivity contribution >= 4 is 11.6 Å². The van der Waals surface area contributed by atoms with Gasteiger partial charge in [-0.05, 0) is 36.8 Å². The van der Waals surface area contributed by atoms with Gasteiger partial charge in [0.05, 0.1) is 0 Å². The lowest BCUT2D eigenvalue weighted by molar-refractivity contribution is 0.102. The molecular formula is C13H11N2O. The van der Waals surface area contributed by atoms with Crippen LogP contribution in [0, 0.1) is 6.92 Å². The van der Waals surface area contributed by atoms with E-state index in [9.17, 15) is 4.79 Å². The second-order valence-corrected chi connectivity index (χ2v) is 3.39. The lowest BCUT2D eigenvalue weighted by atomic mass is 10.1. The van der Waals surface area contributed by atoms with Gasteiger partial charge in [0.15, 0.2) is 0 Å². The van der Waals surface area contributed by atoms with E-state index in [0.29, 0.717) is 5.56 Å². The van der Waals surface area contributed by atoms with Gasteiger partial charge in [0.25, 0.3) is 5.91 Å². The van der Waals surface area contributed by atoms with Crippen LogP contribution in [0.2, 0.25) is 0 Å². The van der Waals surface area contributed by atoms with Crippen molar-refractivity contribution in [3.05, 3.63) is 66.8 Å². The monoisotopic (exact) mass is 211 g/mol. The summed E-state index contributed by atoms with van der Waals surface area (Å²) in [7, 11) is 0. The van der Waals surface area contributed by atoms with Gasteiger partial charge < -0.3 is 5.32 Å². The van der Waals surface area contributed by atoms with E-state index in [1.54, 1.807) is 36.7 Å². The minimum absolute atomic E-state index is 0.142. The van der Waals surface area contributed by atoms with Crippen LogP contribution < -0.4 is 5.32 Å². The number of hydrogen-bond donors (Lipinski definition) is 1. The van der Waals surface area contributed by atoms with Gasteiger partial charge in [-0.1, -0.05) is 12.1 Å². The van der Waals surface area contributed by atoms with Crippen LogP contribution in [0.15, 0.2) is 48.8 Å². The Balaban J connectivity index is 2.15. The highest BCUT2D eigenvalue weighted by molar-refractivity contribution is 6.04. The van der Waals surface area contributed by atoms with Crippen molar-refractivity contribution in [3.63, 3.8) is 0 Å². The van der Waals surface area contributed by atoms with E-state index in [-0.39, 0.29) is 5.91 Å². The summed E-state index contributed by atoms with van der Waals surface area (Å²) < 4.78 is 0. The molecule has 0 saturated heterocycles. The number of carbonyl (C=O) groups is 1. The molecule has 1 amide bonds. The molecule has 16 heavy (non-hydrogen) atoms. The first-order valence-electron chi connectivity index (χ1n) is 4.89. The van der Waals surface area contributed by atoms with Crippen LogP contribution in [-0.4, -0.2) is 10.9 Å². The van der Waals surface area contributed by atoms with E-state index in [1.165, 1.54) is 0 Å². The number of benzene rings is 1. The Morgan fingerprint density at radius 2 is 1.94 bits per heavy atom. The molecule has 0 aliphatic rings. The fraction of sp³-hybridized carbons (Fsp3) is 0. The molecule has 79 valence electrons. The molecule has 0 fully saturated rings. The van der Waals surface area contributed by atoms with E-state index in [2.05, 4.69) is 17.2 Å². The van der Waals surface area contributed by atoms with E-state index in [0.717, 1.165) is 11.3 Å². The number of carbonyl (C=O) groups excluding carboxylic acids is 1. The second-order valence-electron chi connectivity index (χ2n) is 3.39. The summed E-state index contributed by atoms with van der Waals surface area (Å²) in [6.45, 7) is 3.78. The Hall–Kier alpha value is -2.16.